The summed E-state index contributed by atoms with van der Waals surface area (Å²) < 4.78 is 28.6. The highest BCUT2D eigenvalue weighted by molar-refractivity contribution is 7.54. The molecular weight excluding hydrogens is 359 g/mol. The number of carbonyl (C=O) groups is 2. The average Bonchev–Trinajstić information content (AvgIpc) is 2.45. The van der Waals surface area contributed by atoms with E-state index in [1.54, 1.807) is 41.5 Å². The number of rotatable bonds is 9. The van der Waals surface area contributed by atoms with Gasteiger partial charge in [0, 0.05) is 7.05 Å². The van der Waals surface area contributed by atoms with Crippen molar-refractivity contribution < 1.29 is 27.9 Å². The van der Waals surface area contributed by atoms with Crippen LogP contribution in [0.4, 0.5) is 4.79 Å². The highest BCUT2D eigenvalue weighted by Gasteiger charge is 2.38. The van der Waals surface area contributed by atoms with Crippen LogP contribution in [0.2, 0.25) is 0 Å². The van der Waals surface area contributed by atoms with E-state index in [0.717, 1.165) is 0 Å². The summed E-state index contributed by atoms with van der Waals surface area (Å²) in [6.07, 6.45) is -0.600. The number of likely N-dealkylation sites (N-methyl/N-ethyl adjacent to an activating group) is 1. The monoisotopic (exact) mass is 394 g/mol. The van der Waals surface area contributed by atoms with Gasteiger partial charge in [-0.2, -0.15) is 0 Å². The largest absolute Gasteiger partial charge is 0.444 e. The van der Waals surface area contributed by atoms with E-state index >= 15 is 0 Å². The molecule has 8 nitrogen and oxygen atoms in total. The van der Waals surface area contributed by atoms with Crippen molar-refractivity contribution in [2.75, 3.05) is 20.3 Å². The zero-order valence-electron chi connectivity index (χ0n) is 17.5. The van der Waals surface area contributed by atoms with Crippen molar-refractivity contribution in [3.8, 4) is 0 Å². The first-order chi connectivity index (χ1) is 11.8. The zero-order chi connectivity index (χ0) is 20.7. The molecule has 0 aromatic carbocycles. The Morgan fingerprint density at radius 3 is 1.88 bits per heavy atom. The summed E-state index contributed by atoms with van der Waals surface area (Å²) in [4.78, 5) is 26.3. The molecule has 9 heteroatoms. The number of hydrogen-bond donors (Lipinski definition) is 1. The van der Waals surface area contributed by atoms with Crippen molar-refractivity contribution in [3.05, 3.63) is 0 Å². The van der Waals surface area contributed by atoms with Crippen LogP contribution < -0.4 is 5.32 Å². The van der Waals surface area contributed by atoms with Crippen LogP contribution in [0.15, 0.2) is 0 Å². The number of hydrogen-bond acceptors (Lipinski definition) is 6. The minimum atomic E-state index is -3.49. The fourth-order valence-corrected chi connectivity index (χ4v) is 3.89. The molecule has 0 aliphatic heterocycles. The summed E-state index contributed by atoms with van der Waals surface area (Å²) in [5.41, 5.74) is -0.670. The van der Waals surface area contributed by atoms with E-state index in [0.29, 0.717) is 0 Å². The van der Waals surface area contributed by atoms with Crippen LogP contribution >= 0.6 is 7.60 Å². The second kappa shape index (κ2) is 10.3. The smallest absolute Gasteiger partial charge is 0.410 e. The molecule has 0 spiro atoms. The zero-order valence-corrected chi connectivity index (χ0v) is 18.4. The normalized spacial score (nSPS) is 14.7. The molecule has 0 heterocycles. The Morgan fingerprint density at radius 1 is 1.08 bits per heavy atom. The second-order valence-corrected chi connectivity index (χ2v) is 9.71. The van der Waals surface area contributed by atoms with Crippen molar-refractivity contribution in [2.45, 2.75) is 72.8 Å². The summed E-state index contributed by atoms with van der Waals surface area (Å²) in [6.45, 7) is 14.3. The van der Waals surface area contributed by atoms with Crippen LogP contribution in [0.3, 0.4) is 0 Å². The molecule has 0 fully saturated rings. The molecule has 1 N–H and O–H groups in total. The summed E-state index contributed by atoms with van der Waals surface area (Å²) in [6, 6.07) is -0.788. The maximum Gasteiger partial charge on any atom is 0.410 e. The topological polar surface area (TPSA) is 94.2 Å². The number of carbonyl (C=O) groups excluding carboxylic acids is 2. The molecular formula is C17H35N2O6P. The van der Waals surface area contributed by atoms with Gasteiger partial charge >= 0.3 is 13.7 Å². The Balaban J connectivity index is 5.30. The quantitative estimate of drug-likeness (QED) is 0.601. The lowest BCUT2D eigenvalue weighted by Crippen LogP contribution is -2.53. The Labute approximate surface area is 157 Å². The lowest BCUT2D eigenvalue weighted by atomic mass is 10.0. The first-order valence-electron chi connectivity index (χ1n) is 8.94. The SMILES string of the molecule is CCOP(=O)(OCC)C(C)NC(=O)C(C(C)C)N(C)C(=O)OC(C)(C)C. The van der Waals surface area contributed by atoms with Gasteiger partial charge in [0.15, 0.2) is 0 Å². The first-order valence-corrected chi connectivity index (χ1v) is 10.5. The van der Waals surface area contributed by atoms with E-state index in [-0.39, 0.29) is 19.1 Å². The molecule has 2 unspecified atom stereocenters. The number of nitrogens with zero attached hydrogens (tertiary/aromatic N) is 1. The van der Waals surface area contributed by atoms with Crippen molar-refractivity contribution in [2.24, 2.45) is 5.92 Å². The van der Waals surface area contributed by atoms with Crippen molar-refractivity contribution in [1.29, 1.82) is 0 Å². The van der Waals surface area contributed by atoms with Crippen molar-refractivity contribution in [3.63, 3.8) is 0 Å². The molecule has 2 amide bonds. The van der Waals surface area contributed by atoms with Crippen LogP contribution in [0.5, 0.6) is 0 Å². The van der Waals surface area contributed by atoms with Gasteiger partial charge in [-0.25, -0.2) is 4.79 Å². The van der Waals surface area contributed by atoms with E-state index < -0.39 is 37.0 Å². The van der Waals surface area contributed by atoms with Crippen LogP contribution in [0.25, 0.3) is 0 Å². The lowest BCUT2D eigenvalue weighted by Gasteiger charge is -2.33. The minimum Gasteiger partial charge on any atom is -0.444 e. The minimum absolute atomic E-state index is 0.182. The highest BCUT2D eigenvalue weighted by atomic mass is 31.2. The number of amides is 2. The summed E-state index contributed by atoms with van der Waals surface area (Å²) in [5.74, 6) is -1.47. The maximum absolute atomic E-state index is 12.8. The Morgan fingerprint density at radius 2 is 1.54 bits per heavy atom. The molecule has 0 aromatic heterocycles. The predicted molar refractivity (Wildman–Crippen MR) is 101 cm³/mol. The molecule has 0 rings (SSSR count). The van der Waals surface area contributed by atoms with Crippen molar-refractivity contribution >= 4 is 19.6 Å². The molecule has 0 aromatic rings. The number of ether oxygens (including phenoxy) is 1. The van der Waals surface area contributed by atoms with Gasteiger partial charge in [-0.05, 0) is 47.5 Å². The van der Waals surface area contributed by atoms with Crippen LogP contribution in [0.1, 0.15) is 55.4 Å². The van der Waals surface area contributed by atoms with Gasteiger partial charge in [-0.15, -0.1) is 0 Å². The Kier molecular flexibility index (Phi) is 9.84. The lowest BCUT2D eigenvalue weighted by molar-refractivity contribution is -0.127. The Bertz CT molecular complexity index is 508. The fraction of sp³-hybridized carbons (Fsp3) is 0.882. The van der Waals surface area contributed by atoms with E-state index in [4.69, 9.17) is 13.8 Å². The predicted octanol–water partition coefficient (Wildman–Crippen LogP) is 3.61. The molecule has 154 valence electrons. The van der Waals surface area contributed by atoms with E-state index in [1.165, 1.54) is 11.9 Å². The third-order valence-electron chi connectivity index (χ3n) is 3.44. The van der Waals surface area contributed by atoms with Gasteiger partial charge in [0.2, 0.25) is 5.91 Å². The molecule has 26 heavy (non-hydrogen) atoms. The van der Waals surface area contributed by atoms with E-state index in [2.05, 4.69) is 5.32 Å². The van der Waals surface area contributed by atoms with Crippen LogP contribution in [-0.2, 0) is 23.1 Å². The van der Waals surface area contributed by atoms with Gasteiger partial charge in [0.25, 0.3) is 0 Å². The van der Waals surface area contributed by atoms with Crippen molar-refractivity contribution in [1.82, 2.24) is 10.2 Å². The van der Waals surface area contributed by atoms with Gasteiger partial charge < -0.3 is 19.1 Å². The van der Waals surface area contributed by atoms with Gasteiger partial charge in [-0.3, -0.25) is 14.3 Å². The van der Waals surface area contributed by atoms with Gasteiger partial charge in [0.05, 0.1) is 13.2 Å². The summed E-state index contributed by atoms with van der Waals surface area (Å²) in [7, 11) is -1.98. The third-order valence-corrected chi connectivity index (χ3v) is 5.76. The molecule has 0 saturated heterocycles. The molecule has 0 saturated carbocycles. The van der Waals surface area contributed by atoms with Crippen LogP contribution in [0, 0.1) is 5.92 Å². The summed E-state index contributed by atoms with van der Waals surface area (Å²) in [5, 5.41) is 2.67. The maximum atomic E-state index is 12.8. The van der Waals surface area contributed by atoms with Gasteiger partial charge in [0.1, 0.15) is 17.4 Å². The van der Waals surface area contributed by atoms with E-state index in [9.17, 15) is 14.2 Å². The average molecular weight is 394 g/mol. The fourth-order valence-electron chi connectivity index (χ4n) is 2.36. The first kappa shape index (κ1) is 24.9. The Hall–Kier alpha value is -1.11. The molecule has 0 aliphatic carbocycles. The van der Waals surface area contributed by atoms with E-state index in [1.807, 2.05) is 13.8 Å². The molecule has 0 bridgehead atoms. The molecule has 0 aliphatic rings. The standard InChI is InChI=1S/C17H35N2O6P/c1-10-23-26(22,24-11-2)13(5)18-15(20)14(12(3)4)19(9)16(21)25-17(6,7)8/h12-14H,10-11H2,1-9H3,(H,18,20). The molecule has 0 radical (unpaired) electrons. The van der Waals surface area contributed by atoms with Gasteiger partial charge in [-0.1, -0.05) is 13.8 Å². The summed E-state index contributed by atoms with van der Waals surface area (Å²) >= 11 is 0. The highest BCUT2D eigenvalue weighted by Crippen LogP contribution is 2.51. The second-order valence-electron chi connectivity index (χ2n) is 7.34. The van der Waals surface area contributed by atoms with Crippen LogP contribution in [-0.4, -0.2) is 54.6 Å². The molecule has 2 atom stereocenters. The number of nitrogens with one attached hydrogen (secondary N) is 1. The third kappa shape index (κ3) is 7.64.